The fraction of sp³-hybridized carbons (Fsp3) is 0.267. The monoisotopic (exact) mass is 422 g/mol. The number of Topliss-reactive ketones (excluding diaryl/α,β-unsaturated/α-hetero) is 2. The molecule has 0 heterocycles. The number of ketones is 2. The molecule has 0 aromatic heterocycles. The van der Waals surface area contributed by atoms with Crippen molar-refractivity contribution in [2.75, 3.05) is 0 Å². The van der Waals surface area contributed by atoms with Crippen molar-refractivity contribution in [2.45, 2.75) is 51.4 Å². The van der Waals surface area contributed by atoms with Gasteiger partial charge in [0.05, 0.1) is 0 Å². The van der Waals surface area contributed by atoms with Crippen LogP contribution >= 0.6 is 0 Å². The molecule has 0 radical (unpaired) electrons. The van der Waals surface area contributed by atoms with Crippen LogP contribution in [0.4, 0.5) is 0 Å². The molecular weight excluding hydrogens is 392 g/mol. The molecular formula is C30H30O2. The highest BCUT2D eigenvalue weighted by molar-refractivity contribution is 6.26. The van der Waals surface area contributed by atoms with Gasteiger partial charge in [0.15, 0.2) is 11.6 Å². The standard InChI is InChI=1S/C30H30O2/c31-29-25(19-9-7-17-23-13-3-1-4-14-23)26(30(32)28-22-12-11-21-27(28)29)20-10-8-18-24-15-5-2-6-16-24/h1-6,11-16,21-22H,7-10,17-20H2. The van der Waals surface area contributed by atoms with Crippen LogP contribution in [0.1, 0.15) is 70.4 Å². The van der Waals surface area contributed by atoms with E-state index in [0.717, 1.165) is 49.7 Å². The first-order chi connectivity index (χ1) is 15.7. The minimum absolute atomic E-state index is 0.0537. The zero-order valence-electron chi connectivity index (χ0n) is 18.6. The zero-order valence-corrected chi connectivity index (χ0v) is 18.6. The molecule has 0 aliphatic heterocycles. The Morgan fingerprint density at radius 2 is 0.750 bits per heavy atom. The predicted molar refractivity (Wildman–Crippen MR) is 130 cm³/mol. The molecule has 1 aliphatic carbocycles. The van der Waals surface area contributed by atoms with E-state index in [0.29, 0.717) is 24.0 Å². The maximum Gasteiger partial charge on any atom is 0.190 e. The highest BCUT2D eigenvalue weighted by atomic mass is 16.1. The quantitative estimate of drug-likeness (QED) is 0.324. The maximum absolute atomic E-state index is 13.3. The van der Waals surface area contributed by atoms with Crippen molar-refractivity contribution < 1.29 is 9.59 Å². The molecule has 32 heavy (non-hydrogen) atoms. The van der Waals surface area contributed by atoms with Gasteiger partial charge in [-0.3, -0.25) is 9.59 Å². The summed E-state index contributed by atoms with van der Waals surface area (Å²) < 4.78 is 0. The predicted octanol–water partition coefficient (Wildman–Crippen LogP) is 7.19. The molecule has 3 aromatic carbocycles. The average Bonchev–Trinajstić information content (AvgIpc) is 2.85. The van der Waals surface area contributed by atoms with Crippen molar-refractivity contribution in [3.63, 3.8) is 0 Å². The van der Waals surface area contributed by atoms with Crippen LogP contribution in [-0.2, 0) is 12.8 Å². The van der Waals surface area contributed by atoms with Crippen LogP contribution in [0.3, 0.4) is 0 Å². The number of benzene rings is 3. The number of allylic oxidation sites excluding steroid dienone is 2. The Bertz CT molecular complexity index is 1010. The summed E-state index contributed by atoms with van der Waals surface area (Å²) in [7, 11) is 0. The Labute approximate surface area is 191 Å². The van der Waals surface area contributed by atoms with Crippen molar-refractivity contribution in [3.05, 3.63) is 118 Å². The number of hydrogen-bond acceptors (Lipinski definition) is 2. The van der Waals surface area contributed by atoms with Crippen LogP contribution in [0.5, 0.6) is 0 Å². The van der Waals surface area contributed by atoms with Gasteiger partial charge in [-0.15, -0.1) is 0 Å². The zero-order chi connectivity index (χ0) is 22.2. The van der Waals surface area contributed by atoms with Gasteiger partial charge in [0.1, 0.15) is 0 Å². The lowest BCUT2D eigenvalue weighted by Crippen LogP contribution is -2.22. The van der Waals surface area contributed by atoms with E-state index in [1.54, 1.807) is 12.1 Å². The summed E-state index contributed by atoms with van der Waals surface area (Å²) in [4.78, 5) is 26.6. The summed E-state index contributed by atoms with van der Waals surface area (Å²) >= 11 is 0. The highest BCUT2D eigenvalue weighted by Crippen LogP contribution is 2.32. The van der Waals surface area contributed by atoms with Crippen molar-refractivity contribution in [1.82, 2.24) is 0 Å². The topological polar surface area (TPSA) is 34.1 Å². The maximum atomic E-state index is 13.3. The van der Waals surface area contributed by atoms with Gasteiger partial charge in [-0.05, 0) is 62.5 Å². The number of fused-ring (bicyclic) bond motifs is 1. The first kappa shape index (κ1) is 22.0. The summed E-state index contributed by atoms with van der Waals surface area (Å²) in [5.74, 6) is 0.107. The minimum atomic E-state index is 0.0537. The largest absolute Gasteiger partial charge is 0.289 e. The molecule has 0 spiro atoms. The molecule has 0 bridgehead atoms. The molecule has 4 rings (SSSR count). The first-order valence-corrected chi connectivity index (χ1v) is 11.7. The summed E-state index contributed by atoms with van der Waals surface area (Å²) in [6.45, 7) is 0. The third kappa shape index (κ3) is 5.31. The molecule has 3 aromatic rings. The Balaban J connectivity index is 1.43. The van der Waals surface area contributed by atoms with Gasteiger partial charge in [0.25, 0.3) is 0 Å². The molecule has 0 atom stereocenters. The molecule has 2 nitrogen and oxygen atoms in total. The first-order valence-electron chi connectivity index (χ1n) is 11.7. The second-order valence-electron chi connectivity index (χ2n) is 8.55. The Morgan fingerprint density at radius 3 is 1.16 bits per heavy atom. The van der Waals surface area contributed by atoms with Gasteiger partial charge >= 0.3 is 0 Å². The Morgan fingerprint density at radius 1 is 0.406 bits per heavy atom. The van der Waals surface area contributed by atoms with E-state index in [2.05, 4.69) is 48.5 Å². The van der Waals surface area contributed by atoms with Gasteiger partial charge in [0.2, 0.25) is 0 Å². The van der Waals surface area contributed by atoms with Gasteiger partial charge in [-0.25, -0.2) is 0 Å². The fourth-order valence-corrected chi connectivity index (χ4v) is 4.56. The Kier molecular flexibility index (Phi) is 7.45. The lowest BCUT2D eigenvalue weighted by Gasteiger charge is -2.21. The molecule has 0 saturated heterocycles. The normalized spacial score (nSPS) is 13.4. The van der Waals surface area contributed by atoms with Gasteiger partial charge in [0, 0.05) is 22.3 Å². The number of hydrogen-bond donors (Lipinski definition) is 0. The van der Waals surface area contributed by atoms with Crippen molar-refractivity contribution in [2.24, 2.45) is 0 Å². The minimum Gasteiger partial charge on any atom is -0.289 e. The lowest BCUT2D eigenvalue weighted by atomic mass is 9.80. The molecule has 1 aliphatic rings. The van der Waals surface area contributed by atoms with E-state index in [1.807, 2.05) is 24.3 Å². The van der Waals surface area contributed by atoms with E-state index >= 15 is 0 Å². The lowest BCUT2D eigenvalue weighted by molar-refractivity contribution is 0.0968. The molecule has 2 heteroatoms. The molecule has 0 N–H and O–H groups in total. The molecule has 0 unspecified atom stereocenters. The molecule has 0 fully saturated rings. The second kappa shape index (κ2) is 10.9. The van der Waals surface area contributed by atoms with E-state index in [-0.39, 0.29) is 11.6 Å². The van der Waals surface area contributed by atoms with E-state index in [4.69, 9.17) is 0 Å². The summed E-state index contributed by atoms with van der Waals surface area (Å²) in [5.41, 5.74) is 5.29. The van der Waals surface area contributed by atoms with E-state index < -0.39 is 0 Å². The smallest absolute Gasteiger partial charge is 0.190 e. The van der Waals surface area contributed by atoms with Crippen molar-refractivity contribution in [3.8, 4) is 0 Å². The highest BCUT2D eigenvalue weighted by Gasteiger charge is 2.30. The Hall–Kier alpha value is -3.26. The van der Waals surface area contributed by atoms with Crippen LogP contribution in [0.2, 0.25) is 0 Å². The number of unbranched alkanes of at least 4 members (excludes halogenated alkanes) is 2. The average molecular weight is 423 g/mol. The fourth-order valence-electron chi connectivity index (χ4n) is 4.56. The van der Waals surface area contributed by atoms with Crippen LogP contribution in [0.15, 0.2) is 96.1 Å². The number of carbonyl (C=O) groups is 2. The molecule has 0 amide bonds. The van der Waals surface area contributed by atoms with Gasteiger partial charge < -0.3 is 0 Å². The number of carbonyl (C=O) groups excluding carboxylic acids is 2. The van der Waals surface area contributed by atoms with Crippen LogP contribution in [0, 0.1) is 0 Å². The summed E-state index contributed by atoms with van der Waals surface area (Å²) in [6.07, 6.45) is 7.21. The van der Waals surface area contributed by atoms with E-state index in [1.165, 1.54) is 11.1 Å². The summed E-state index contributed by atoms with van der Waals surface area (Å²) in [6, 6.07) is 28.2. The second-order valence-corrected chi connectivity index (χ2v) is 8.55. The van der Waals surface area contributed by atoms with Crippen LogP contribution in [0.25, 0.3) is 0 Å². The summed E-state index contributed by atoms with van der Waals surface area (Å²) in [5, 5.41) is 0. The van der Waals surface area contributed by atoms with Crippen molar-refractivity contribution in [1.29, 1.82) is 0 Å². The number of aryl methyl sites for hydroxylation is 2. The third-order valence-corrected chi connectivity index (χ3v) is 6.30. The van der Waals surface area contributed by atoms with Crippen LogP contribution in [-0.4, -0.2) is 11.6 Å². The SMILES string of the molecule is O=C1C(CCCCc2ccccc2)=C(CCCCc2ccccc2)C(=O)c2ccccc21. The molecule has 162 valence electrons. The number of rotatable bonds is 10. The van der Waals surface area contributed by atoms with Crippen LogP contribution < -0.4 is 0 Å². The van der Waals surface area contributed by atoms with Gasteiger partial charge in [-0.1, -0.05) is 84.9 Å². The van der Waals surface area contributed by atoms with Gasteiger partial charge in [-0.2, -0.15) is 0 Å². The molecule has 0 saturated carbocycles. The van der Waals surface area contributed by atoms with E-state index in [9.17, 15) is 9.59 Å². The van der Waals surface area contributed by atoms with Crippen molar-refractivity contribution >= 4 is 11.6 Å². The third-order valence-electron chi connectivity index (χ3n) is 6.30.